The van der Waals surface area contributed by atoms with Gasteiger partial charge in [0.1, 0.15) is 5.82 Å². The van der Waals surface area contributed by atoms with Crippen molar-refractivity contribution in [2.45, 2.75) is 31.3 Å². The molecular formula is C20H20N6O. The zero-order valence-electron chi connectivity index (χ0n) is 15.1. The number of nitrogens with zero attached hydrogens (tertiary/aromatic N) is 5. The summed E-state index contributed by atoms with van der Waals surface area (Å²) >= 11 is 0. The monoisotopic (exact) mass is 360 g/mol. The van der Waals surface area contributed by atoms with E-state index in [2.05, 4.69) is 38.3 Å². The molecule has 1 aromatic carbocycles. The maximum atomic E-state index is 10.0. The lowest BCUT2D eigenvalue weighted by atomic mass is 9.97. The minimum absolute atomic E-state index is 0.598. The molecule has 4 heterocycles. The number of aromatic nitrogens is 5. The van der Waals surface area contributed by atoms with Crippen molar-refractivity contribution in [1.29, 1.82) is 0 Å². The highest BCUT2D eigenvalue weighted by Crippen LogP contribution is 2.42. The number of rotatable bonds is 3. The molecule has 7 nitrogen and oxygen atoms in total. The number of aliphatic hydroxyl groups is 1. The lowest BCUT2D eigenvalue weighted by Gasteiger charge is -2.44. The van der Waals surface area contributed by atoms with Crippen LogP contribution in [0.5, 0.6) is 0 Å². The van der Waals surface area contributed by atoms with Gasteiger partial charge >= 0.3 is 0 Å². The molecule has 1 saturated heterocycles. The van der Waals surface area contributed by atoms with Crippen LogP contribution in [0.1, 0.15) is 31.4 Å². The number of hydrogen-bond acceptors (Lipinski definition) is 5. The van der Waals surface area contributed by atoms with E-state index in [0.29, 0.717) is 19.0 Å². The van der Waals surface area contributed by atoms with Crippen molar-refractivity contribution in [2.24, 2.45) is 0 Å². The molecule has 2 N–H and O–H groups in total. The SMILES string of the molecule is CC1(O)CN(c2ccc3ncc(-c4ccc5n[nH]c(C6CC6)c5c4)n3n2)C1. The highest BCUT2D eigenvalue weighted by Gasteiger charge is 2.37. The molecule has 6 rings (SSSR count). The summed E-state index contributed by atoms with van der Waals surface area (Å²) in [7, 11) is 0. The Morgan fingerprint density at radius 1 is 1.19 bits per heavy atom. The molecule has 0 unspecified atom stereocenters. The number of imidazole rings is 1. The first kappa shape index (κ1) is 15.2. The number of benzene rings is 1. The van der Waals surface area contributed by atoms with E-state index in [4.69, 9.17) is 5.10 Å². The molecule has 2 aliphatic rings. The van der Waals surface area contributed by atoms with E-state index in [0.717, 1.165) is 28.2 Å². The van der Waals surface area contributed by atoms with Crippen molar-refractivity contribution >= 4 is 22.4 Å². The maximum absolute atomic E-state index is 10.0. The third-order valence-electron chi connectivity index (χ3n) is 5.60. The van der Waals surface area contributed by atoms with Gasteiger partial charge in [-0.1, -0.05) is 6.07 Å². The molecule has 0 atom stereocenters. The van der Waals surface area contributed by atoms with Crippen LogP contribution in [0.4, 0.5) is 5.82 Å². The minimum Gasteiger partial charge on any atom is -0.386 e. The fraction of sp³-hybridized carbons (Fsp3) is 0.350. The van der Waals surface area contributed by atoms with Crippen LogP contribution < -0.4 is 4.90 Å². The van der Waals surface area contributed by atoms with E-state index in [1.807, 2.05) is 29.8 Å². The van der Waals surface area contributed by atoms with Crippen LogP contribution >= 0.6 is 0 Å². The summed E-state index contributed by atoms with van der Waals surface area (Å²) in [6.07, 6.45) is 4.35. The third kappa shape index (κ3) is 2.35. The predicted molar refractivity (Wildman–Crippen MR) is 103 cm³/mol. The van der Waals surface area contributed by atoms with Gasteiger partial charge in [-0.25, -0.2) is 9.50 Å². The van der Waals surface area contributed by atoms with Gasteiger partial charge in [0.05, 0.1) is 23.0 Å². The van der Waals surface area contributed by atoms with Gasteiger partial charge in [-0.15, -0.1) is 5.10 Å². The molecule has 1 aliphatic heterocycles. The second-order valence-corrected chi connectivity index (χ2v) is 8.10. The van der Waals surface area contributed by atoms with Gasteiger partial charge in [0.25, 0.3) is 0 Å². The molecule has 0 radical (unpaired) electrons. The molecule has 2 fully saturated rings. The number of anilines is 1. The number of β-amino-alcohol motifs (C(OH)–C–C–N with tert-alkyl or cyclic N) is 1. The second kappa shape index (κ2) is 5.07. The summed E-state index contributed by atoms with van der Waals surface area (Å²) in [5.74, 6) is 1.48. The Balaban J connectivity index is 1.45. The predicted octanol–water partition coefficient (Wildman–Crippen LogP) is 2.72. The molecule has 4 aromatic rings. The Hall–Kier alpha value is -2.93. The van der Waals surface area contributed by atoms with Crippen LogP contribution in [-0.2, 0) is 0 Å². The summed E-state index contributed by atoms with van der Waals surface area (Å²) in [6, 6.07) is 10.3. The highest BCUT2D eigenvalue weighted by atomic mass is 16.3. The first-order valence-electron chi connectivity index (χ1n) is 9.38. The first-order chi connectivity index (χ1) is 13.1. The Labute approximate surface area is 155 Å². The fourth-order valence-corrected chi connectivity index (χ4v) is 4.04. The third-order valence-corrected chi connectivity index (χ3v) is 5.60. The van der Waals surface area contributed by atoms with Gasteiger partial charge in [-0.05, 0) is 44.0 Å². The fourth-order valence-electron chi connectivity index (χ4n) is 4.04. The van der Waals surface area contributed by atoms with Gasteiger partial charge in [0.2, 0.25) is 0 Å². The summed E-state index contributed by atoms with van der Waals surface area (Å²) in [6.45, 7) is 3.05. The van der Waals surface area contributed by atoms with Crippen LogP contribution in [0.3, 0.4) is 0 Å². The van der Waals surface area contributed by atoms with E-state index >= 15 is 0 Å². The normalized spacial score (nSPS) is 19.0. The Morgan fingerprint density at radius 3 is 2.81 bits per heavy atom. The van der Waals surface area contributed by atoms with Crippen LogP contribution in [0.2, 0.25) is 0 Å². The lowest BCUT2D eigenvalue weighted by molar-refractivity contribution is 0.0304. The van der Waals surface area contributed by atoms with Gasteiger partial charge in [-0.3, -0.25) is 5.10 Å². The summed E-state index contributed by atoms with van der Waals surface area (Å²) in [5, 5.41) is 23.6. The topological polar surface area (TPSA) is 82.3 Å². The molecule has 136 valence electrons. The van der Waals surface area contributed by atoms with Crippen LogP contribution in [0.15, 0.2) is 36.5 Å². The van der Waals surface area contributed by atoms with E-state index in [-0.39, 0.29) is 0 Å². The van der Waals surface area contributed by atoms with Crippen molar-refractivity contribution in [3.8, 4) is 11.3 Å². The standard InChI is InChI=1S/C20H20N6O/c1-20(27)10-25(11-20)18-7-6-17-21-9-16(26(17)24-18)13-4-5-15-14(8-13)19(23-22-15)12-2-3-12/h4-9,12,27H,2-3,10-11H2,1H3,(H,22,23). The summed E-state index contributed by atoms with van der Waals surface area (Å²) < 4.78 is 1.89. The van der Waals surface area contributed by atoms with Crippen molar-refractivity contribution in [3.63, 3.8) is 0 Å². The van der Waals surface area contributed by atoms with Crippen molar-refractivity contribution in [3.05, 3.63) is 42.2 Å². The molecule has 0 bridgehead atoms. The van der Waals surface area contributed by atoms with Crippen LogP contribution in [-0.4, -0.2) is 48.6 Å². The molecule has 7 heteroatoms. The number of hydrogen-bond donors (Lipinski definition) is 2. The van der Waals surface area contributed by atoms with Crippen molar-refractivity contribution in [2.75, 3.05) is 18.0 Å². The maximum Gasteiger partial charge on any atom is 0.154 e. The number of nitrogens with one attached hydrogen (secondary N) is 1. The average molecular weight is 360 g/mol. The van der Waals surface area contributed by atoms with Crippen molar-refractivity contribution < 1.29 is 5.11 Å². The Bertz CT molecular complexity index is 1180. The summed E-state index contributed by atoms with van der Waals surface area (Å²) in [5.41, 5.74) is 4.49. The van der Waals surface area contributed by atoms with Crippen LogP contribution in [0, 0.1) is 0 Å². The Morgan fingerprint density at radius 2 is 2.04 bits per heavy atom. The van der Waals surface area contributed by atoms with Crippen molar-refractivity contribution in [1.82, 2.24) is 24.8 Å². The zero-order valence-corrected chi connectivity index (χ0v) is 15.1. The smallest absolute Gasteiger partial charge is 0.154 e. The lowest BCUT2D eigenvalue weighted by Crippen LogP contribution is -2.60. The zero-order chi connectivity index (χ0) is 18.2. The van der Waals surface area contributed by atoms with E-state index in [9.17, 15) is 5.11 Å². The molecule has 1 aliphatic carbocycles. The molecule has 3 aromatic heterocycles. The molecule has 1 saturated carbocycles. The number of fused-ring (bicyclic) bond motifs is 2. The van der Waals surface area contributed by atoms with Gasteiger partial charge in [-0.2, -0.15) is 5.10 Å². The summed E-state index contributed by atoms with van der Waals surface area (Å²) in [4.78, 5) is 6.59. The molecule has 0 amide bonds. The Kier molecular flexibility index (Phi) is 2.85. The largest absolute Gasteiger partial charge is 0.386 e. The highest BCUT2D eigenvalue weighted by molar-refractivity contribution is 5.87. The molecule has 27 heavy (non-hydrogen) atoms. The molecule has 0 spiro atoms. The average Bonchev–Trinajstić information content (AvgIpc) is 3.25. The molecular weight excluding hydrogens is 340 g/mol. The minimum atomic E-state index is -0.625. The number of H-pyrrole nitrogens is 1. The van der Waals surface area contributed by atoms with Gasteiger partial charge in [0, 0.05) is 35.7 Å². The van der Waals surface area contributed by atoms with Gasteiger partial charge < -0.3 is 10.0 Å². The van der Waals surface area contributed by atoms with Gasteiger partial charge in [0.15, 0.2) is 5.65 Å². The van der Waals surface area contributed by atoms with E-state index < -0.39 is 5.60 Å². The number of aromatic amines is 1. The van der Waals surface area contributed by atoms with E-state index in [1.165, 1.54) is 23.9 Å². The van der Waals surface area contributed by atoms with E-state index in [1.54, 1.807) is 0 Å². The van der Waals surface area contributed by atoms with Crippen LogP contribution in [0.25, 0.3) is 27.8 Å². The quantitative estimate of drug-likeness (QED) is 0.587. The second-order valence-electron chi connectivity index (χ2n) is 8.10. The first-order valence-corrected chi connectivity index (χ1v) is 9.38.